The highest BCUT2D eigenvalue weighted by atomic mass is 32.2. The number of allylic oxidation sites excluding steroid dienone is 3. The second-order valence-corrected chi connectivity index (χ2v) is 9.42. The van der Waals surface area contributed by atoms with Crippen molar-refractivity contribution < 1.29 is 8.42 Å². The lowest BCUT2D eigenvalue weighted by molar-refractivity contribution is 0.466. The summed E-state index contributed by atoms with van der Waals surface area (Å²) in [6.07, 6.45) is 8.08. The topological polar surface area (TPSA) is 37.4 Å². The number of rotatable bonds is 3. The molecule has 132 valence electrons. The first-order valence-corrected chi connectivity index (χ1v) is 10.6. The van der Waals surface area contributed by atoms with Crippen molar-refractivity contribution in [1.29, 1.82) is 0 Å². The van der Waals surface area contributed by atoms with E-state index in [0.717, 1.165) is 24.8 Å². The smallest absolute Gasteiger partial charge is 0.207 e. The molecule has 0 bridgehead atoms. The van der Waals surface area contributed by atoms with Crippen molar-refractivity contribution in [3.8, 4) is 0 Å². The second-order valence-electron chi connectivity index (χ2n) is 7.48. The quantitative estimate of drug-likeness (QED) is 0.755. The molecule has 1 saturated heterocycles. The molecule has 4 heteroatoms. The Morgan fingerprint density at radius 2 is 1.92 bits per heavy atom. The summed E-state index contributed by atoms with van der Waals surface area (Å²) in [5, 5.41) is 0. The highest BCUT2D eigenvalue weighted by Gasteiger charge is 2.42. The van der Waals surface area contributed by atoms with E-state index < -0.39 is 10.0 Å². The first-order chi connectivity index (χ1) is 12.0. The molecule has 1 aromatic rings. The second kappa shape index (κ2) is 6.26. The largest absolute Gasteiger partial charge is 0.243 e. The van der Waals surface area contributed by atoms with Gasteiger partial charge in [0, 0.05) is 19.0 Å². The molecule has 4 rings (SSSR count). The Bertz CT molecular complexity index is 875. The molecule has 0 amide bonds. The maximum absolute atomic E-state index is 13.0. The fourth-order valence-corrected chi connectivity index (χ4v) is 5.73. The van der Waals surface area contributed by atoms with Gasteiger partial charge in [-0.05, 0) is 67.9 Å². The summed E-state index contributed by atoms with van der Waals surface area (Å²) < 4.78 is 27.7. The third-order valence-corrected chi connectivity index (χ3v) is 7.60. The van der Waals surface area contributed by atoms with Gasteiger partial charge >= 0.3 is 0 Å². The van der Waals surface area contributed by atoms with E-state index in [-0.39, 0.29) is 5.92 Å². The van der Waals surface area contributed by atoms with Gasteiger partial charge < -0.3 is 0 Å². The minimum absolute atomic E-state index is 0.207. The number of benzene rings is 1. The highest BCUT2D eigenvalue weighted by Crippen LogP contribution is 2.46. The lowest BCUT2D eigenvalue weighted by Crippen LogP contribution is -2.29. The van der Waals surface area contributed by atoms with Gasteiger partial charge in [0.1, 0.15) is 0 Å². The number of hydrogen-bond acceptors (Lipinski definition) is 2. The molecule has 1 atom stereocenters. The van der Waals surface area contributed by atoms with Gasteiger partial charge in [-0.25, -0.2) is 8.42 Å². The Kier molecular flexibility index (Phi) is 4.20. The van der Waals surface area contributed by atoms with Crippen LogP contribution < -0.4 is 0 Å². The maximum atomic E-state index is 13.0. The van der Waals surface area contributed by atoms with Crippen LogP contribution in [0.2, 0.25) is 0 Å². The number of fused-ring (bicyclic) bond motifs is 1. The fraction of sp³-hybridized carbons (Fsp3) is 0.429. The van der Waals surface area contributed by atoms with Gasteiger partial charge in [-0.2, -0.15) is 4.31 Å². The number of aryl methyl sites for hydroxylation is 1. The summed E-state index contributed by atoms with van der Waals surface area (Å²) in [4.78, 5) is 0.391. The molecule has 1 unspecified atom stereocenters. The van der Waals surface area contributed by atoms with Gasteiger partial charge in [0.15, 0.2) is 0 Å². The van der Waals surface area contributed by atoms with E-state index in [1.807, 2.05) is 19.1 Å². The van der Waals surface area contributed by atoms with Gasteiger partial charge in [-0.1, -0.05) is 35.9 Å². The lowest BCUT2D eigenvalue weighted by atomic mass is 9.91. The molecule has 1 heterocycles. The van der Waals surface area contributed by atoms with E-state index >= 15 is 0 Å². The van der Waals surface area contributed by atoms with Crippen LogP contribution in [0.25, 0.3) is 0 Å². The standard InChI is InChI=1S/C21H25NO2S/c1-15-8-10-18(11-9-15)25(23,24)22-13-20-16(2)12-19(21(20)14-22)17-6-4-3-5-7-17/h6,8-11,20H,2-5,7,12-14H2,1H3. The number of hydrogen-bond donors (Lipinski definition) is 0. The Balaban J connectivity index is 1.66. The van der Waals surface area contributed by atoms with Crippen molar-refractivity contribution in [3.05, 3.63) is 64.8 Å². The van der Waals surface area contributed by atoms with Crippen molar-refractivity contribution in [1.82, 2.24) is 4.31 Å². The zero-order valence-electron chi connectivity index (χ0n) is 14.8. The van der Waals surface area contributed by atoms with Crippen LogP contribution in [-0.2, 0) is 10.0 Å². The minimum Gasteiger partial charge on any atom is -0.207 e. The lowest BCUT2D eigenvalue weighted by Gasteiger charge is -2.19. The Morgan fingerprint density at radius 3 is 2.60 bits per heavy atom. The molecule has 2 aliphatic carbocycles. The molecule has 1 aliphatic heterocycles. The van der Waals surface area contributed by atoms with Crippen LogP contribution in [0.5, 0.6) is 0 Å². The maximum Gasteiger partial charge on any atom is 0.243 e. The van der Waals surface area contributed by atoms with Crippen LogP contribution in [-0.4, -0.2) is 25.8 Å². The van der Waals surface area contributed by atoms with Crippen molar-refractivity contribution in [3.63, 3.8) is 0 Å². The van der Waals surface area contributed by atoms with E-state index in [0.29, 0.717) is 18.0 Å². The molecule has 0 radical (unpaired) electrons. The van der Waals surface area contributed by atoms with Gasteiger partial charge in [-0.15, -0.1) is 0 Å². The molecule has 0 spiro atoms. The average molecular weight is 356 g/mol. The van der Waals surface area contributed by atoms with Gasteiger partial charge in [0.05, 0.1) is 4.90 Å². The van der Waals surface area contributed by atoms with Crippen LogP contribution in [0, 0.1) is 12.8 Å². The SMILES string of the molecule is C=C1CC(C2=CCCCC2)=C2CN(S(=O)(=O)c3ccc(C)cc3)CC12. The third-order valence-electron chi connectivity index (χ3n) is 5.78. The van der Waals surface area contributed by atoms with Crippen molar-refractivity contribution in [2.75, 3.05) is 13.1 Å². The van der Waals surface area contributed by atoms with E-state index in [1.165, 1.54) is 35.1 Å². The molecule has 25 heavy (non-hydrogen) atoms. The first kappa shape index (κ1) is 16.8. The van der Waals surface area contributed by atoms with E-state index in [4.69, 9.17) is 0 Å². The first-order valence-electron chi connectivity index (χ1n) is 9.12. The Labute approximate surface area is 150 Å². The summed E-state index contributed by atoms with van der Waals surface area (Å²) in [7, 11) is -3.44. The molecule has 3 nitrogen and oxygen atoms in total. The summed E-state index contributed by atoms with van der Waals surface area (Å²) in [6.45, 7) is 7.28. The summed E-state index contributed by atoms with van der Waals surface area (Å²) in [5.74, 6) is 0.207. The van der Waals surface area contributed by atoms with Crippen LogP contribution >= 0.6 is 0 Å². The van der Waals surface area contributed by atoms with Crippen molar-refractivity contribution in [2.24, 2.45) is 5.92 Å². The molecule has 0 saturated carbocycles. The summed E-state index contributed by atoms with van der Waals surface area (Å²) in [6, 6.07) is 7.15. The minimum atomic E-state index is -3.44. The van der Waals surface area contributed by atoms with Gasteiger partial charge in [-0.3, -0.25) is 0 Å². The third kappa shape index (κ3) is 2.91. The van der Waals surface area contributed by atoms with Crippen LogP contribution in [0.4, 0.5) is 0 Å². The van der Waals surface area contributed by atoms with Crippen LogP contribution in [0.15, 0.2) is 64.1 Å². The molecular weight excluding hydrogens is 330 g/mol. The summed E-state index contributed by atoms with van der Waals surface area (Å²) in [5.41, 5.74) is 6.38. The number of sulfonamides is 1. The normalized spacial score (nSPS) is 24.6. The zero-order chi connectivity index (χ0) is 17.6. The van der Waals surface area contributed by atoms with E-state index in [2.05, 4.69) is 12.7 Å². The fourth-order valence-electron chi connectivity index (χ4n) is 4.30. The molecule has 3 aliphatic rings. The van der Waals surface area contributed by atoms with Crippen LogP contribution in [0.3, 0.4) is 0 Å². The predicted molar refractivity (Wildman–Crippen MR) is 101 cm³/mol. The van der Waals surface area contributed by atoms with Gasteiger partial charge in [0.25, 0.3) is 0 Å². The van der Waals surface area contributed by atoms with E-state index in [1.54, 1.807) is 16.4 Å². The number of nitrogens with zero attached hydrogens (tertiary/aromatic N) is 1. The van der Waals surface area contributed by atoms with Crippen molar-refractivity contribution in [2.45, 2.75) is 43.9 Å². The molecule has 0 aromatic heterocycles. The average Bonchev–Trinajstić information content (AvgIpc) is 3.18. The highest BCUT2D eigenvalue weighted by molar-refractivity contribution is 7.89. The molecule has 1 fully saturated rings. The van der Waals surface area contributed by atoms with Crippen LogP contribution in [0.1, 0.15) is 37.7 Å². The summed E-state index contributed by atoms with van der Waals surface area (Å²) >= 11 is 0. The van der Waals surface area contributed by atoms with Gasteiger partial charge in [0.2, 0.25) is 10.0 Å². The predicted octanol–water partition coefficient (Wildman–Crippen LogP) is 4.37. The molecular formula is C21H25NO2S. The Hall–Kier alpha value is -1.65. The zero-order valence-corrected chi connectivity index (χ0v) is 15.6. The molecule has 0 N–H and O–H groups in total. The molecule has 1 aromatic carbocycles. The monoisotopic (exact) mass is 355 g/mol. The van der Waals surface area contributed by atoms with Crippen molar-refractivity contribution >= 4 is 10.0 Å². The van der Waals surface area contributed by atoms with E-state index in [9.17, 15) is 8.42 Å². The Morgan fingerprint density at radius 1 is 1.16 bits per heavy atom.